The van der Waals surface area contributed by atoms with Crippen molar-refractivity contribution in [3.05, 3.63) is 72.9 Å². The molecular formula is C46H81N14O11+. The maximum absolute atomic E-state index is 11.9. The van der Waals surface area contributed by atoms with E-state index in [-0.39, 0.29) is 36.1 Å². The van der Waals surface area contributed by atoms with Gasteiger partial charge in [0.05, 0.1) is 50.0 Å². The Morgan fingerprint density at radius 2 is 1.00 bits per heavy atom. The predicted octanol–water partition coefficient (Wildman–Crippen LogP) is -2.12. The highest BCUT2D eigenvalue weighted by Crippen LogP contribution is 2.11. The average molecular weight is 1010 g/mol. The van der Waals surface area contributed by atoms with Gasteiger partial charge >= 0.3 is 0 Å². The Balaban J connectivity index is 0.000000475. The third kappa shape index (κ3) is 26.3. The monoisotopic (exact) mass is 1010 g/mol. The fraction of sp³-hybridized carbons (Fsp3) is 0.630. The second-order valence-electron chi connectivity index (χ2n) is 16.1. The number of ketones is 1. The van der Waals surface area contributed by atoms with Crippen LogP contribution in [0.1, 0.15) is 82.1 Å². The lowest BCUT2D eigenvalue weighted by Gasteiger charge is -2.28. The zero-order valence-electron chi connectivity index (χ0n) is 42.6. The van der Waals surface area contributed by atoms with Crippen LogP contribution in [0.5, 0.6) is 0 Å². The molecule has 25 nitrogen and oxygen atoms in total. The molecule has 14 N–H and O–H groups in total. The highest BCUT2D eigenvalue weighted by atomic mass is 16.7. The summed E-state index contributed by atoms with van der Waals surface area (Å²) >= 11 is 0. The Kier molecular flexibility index (Phi) is 33.8. The number of nitrogens with zero attached hydrogens (tertiary/aromatic N) is 4. The molecule has 0 spiro atoms. The second kappa shape index (κ2) is 38.0. The van der Waals surface area contributed by atoms with Gasteiger partial charge in [-0.2, -0.15) is 0 Å². The van der Waals surface area contributed by atoms with E-state index in [4.69, 9.17) is 24.7 Å². The topological polar surface area (TPSA) is 369 Å². The third-order valence-corrected chi connectivity index (χ3v) is 10.3. The number of rotatable bonds is 30. The molecule has 0 aliphatic heterocycles. The molecule has 4 aromatic heterocycles. The van der Waals surface area contributed by atoms with Gasteiger partial charge in [-0.1, -0.05) is 20.8 Å². The molecule has 3 amide bonds. The highest BCUT2D eigenvalue weighted by Gasteiger charge is 2.30. The van der Waals surface area contributed by atoms with E-state index in [1.807, 2.05) is 20.8 Å². The van der Waals surface area contributed by atoms with Crippen molar-refractivity contribution in [2.75, 3.05) is 49.1 Å². The number of methoxy groups -OCH3 is 4. The third-order valence-electron chi connectivity index (χ3n) is 10.3. The molecule has 7 unspecified atom stereocenters. The van der Waals surface area contributed by atoms with Gasteiger partial charge in [0.25, 0.3) is 0 Å². The first kappa shape index (κ1) is 63.2. The fourth-order valence-corrected chi connectivity index (χ4v) is 6.64. The number of aliphatic hydroxyl groups is 3. The van der Waals surface area contributed by atoms with E-state index in [1.165, 1.54) is 28.4 Å². The molecule has 0 aromatic carbocycles. The lowest BCUT2D eigenvalue weighted by Crippen LogP contribution is -2.67. The number of Topliss-reactive ketones (excluding diaryl/α,β-unsaturated/α-hetero) is 1. The summed E-state index contributed by atoms with van der Waals surface area (Å²) in [7, 11) is 9.22. The van der Waals surface area contributed by atoms with Crippen molar-refractivity contribution in [1.29, 1.82) is 0 Å². The SMILES string of the molecule is CCCC(=O)NC(Cc1cnc[nH]1)C(=O)CNC.CCCC(=O)NC(Cc1cnc[nH]1)C(O)C(OC)OC.CCCC(=O)NC(Cc1cnc[nH]1)C(O)C=[NH+]C.COC(OC)C(O)C(N)Cc1cnc[nH]1. The van der Waals surface area contributed by atoms with Gasteiger partial charge in [0.1, 0.15) is 19.3 Å². The van der Waals surface area contributed by atoms with E-state index in [2.05, 4.69) is 66.1 Å². The molecule has 0 saturated heterocycles. The van der Waals surface area contributed by atoms with Gasteiger partial charge < -0.3 is 81.2 Å². The van der Waals surface area contributed by atoms with Gasteiger partial charge in [-0.3, -0.25) is 24.2 Å². The first-order valence-corrected chi connectivity index (χ1v) is 23.5. The van der Waals surface area contributed by atoms with E-state index >= 15 is 0 Å². The van der Waals surface area contributed by atoms with Crippen LogP contribution in [-0.4, -0.2) is 189 Å². The number of hydrogen-bond acceptors (Lipinski definition) is 17. The molecular weight excluding hydrogens is 925 g/mol. The molecule has 0 saturated carbocycles. The van der Waals surface area contributed by atoms with Crippen molar-refractivity contribution in [3.63, 3.8) is 0 Å². The number of carbonyl (C=O) groups is 4. The van der Waals surface area contributed by atoms with Crippen LogP contribution < -0.4 is 32.0 Å². The van der Waals surface area contributed by atoms with Crippen molar-refractivity contribution in [2.45, 2.75) is 140 Å². The van der Waals surface area contributed by atoms with Crippen LogP contribution in [0.15, 0.2) is 50.1 Å². The molecule has 4 aromatic rings. The van der Waals surface area contributed by atoms with Crippen molar-refractivity contribution in [3.8, 4) is 0 Å². The number of likely N-dealkylation sites (N-methyl/N-ethyl adjacent to an activating group) is 1. The minimum atomic E-state index is -0.978. The molecule has 0 aliphatic carbocycles. The number of nitrogens with one attached hydrogen (secondary N) is 9. The Bertz CT molecular complexity index is 1950. The number of ether oxygens (including phenoxy) is 4. The van der Waals surface area contributed by atoms with Gasteiger partial charge in [-0.15, -0.1) is 0 Å². The summed E-state index contributed by atoms with van der Waals surface area (Å²) in [6.45, 7) is 6.04. The largest absolute Gasteiger partial charge is 0.386 e. The Labute approximate surface area is 416 Å². The summed E-state index contributed by atoms with van der Waals surface area (Å²) in [6.07, 6.45) is 15.8. The predicted molar refractivity (Wildman–Crippen MR) is 263 cm³/mol. The van der Waals surface area contributed by atoms with Crippen LogP contribution in [-0.2, 0) is 63.8 Å². The van der Waals surface area contributed by atoms with Gasteiger partial charge in [0.15, 0.2) is 30.7 Å². The lowest BCUT2D eigenvalue weighted by atomic mass is 10.0. The van der Waals surface area contributed by atoms with E-state index < -0.39 is 49.0 Å². The minimum absolute atomic E-state index is 0.0310. The number of H-pyrrole nitrogens is 4. The molecule has 25 heteroatoms. The van der Waals surface area contributed by atoms with Crippen molar-refractivity contribution in [1.82, 2.24) is 61.1 Å². The fourth-order valence-electron chi connectivity index (χ4n) is 6.64. The molecule has 4 heterocycles. The molecule has 71 heavy (non-hydrogen) atoms. The van der Waals surface area contributed by atoms with Crippen LogP contribution in [0, 0.1) is 0 Å². The lowest BCUT2D eigenvalue weighted by molar-refractivity contribution is -0.417. The zero-order valence-corrected chi connectivity index (χ0v) is 42.6. The van der Waals surface area contributed by atoms with E-state index in [9.17, 15) is 34.5 Å². The summed E-state index contributed by atoms with van der Waals surface area (Å²) in [6, 6.07) is -1.84. The van der Waals surface area contributed by atoms with Gasteiger partial charge in [-0.05, 0) is 26.3 Å². The van der Waals surface area contributed by atoms with E-state index in [0.717, 1.165) is 42.0 Å². The van der Waals surface area contributed by atoms with Crippen LogP contribution in [0.4, 0.5) is 0 Å². The van der Waals surface area contributed by atoms with Gasteiger partial charge in [0, 0.05) is 127 Å². The van der Waals surface area contributed by atoms with Gasteiger partial charge in [-0.25, -0.2) is 19.9 Å². The molecule has 400 valence electrons. The number of nitrogens with two attached hydrogens (primary N) is 1. The van der Waals surface area contributed by atoms with Crippen molar-refractivity contribution >= 4 is 29.7 Å². The van der Waals surface area contributed by atoms with E-state index in [0.29, 0.717) is 44.9 Å². The van der Waals surface area contributed by atoms with E-state index in [1.54, 1.807) is 70.4 Å². The van der Waals surface area contributed by atoms with Crippen LogP contribution in [0.2, 0.25) is 0 Å². The average Bonchev–Trinajstić information content (AvgIpc) is 4.22. The number of imidazole rings is 4. The van der Waals surface area contributed by atoms with Crippen LogP contribution in [0.25, 0.3) is 0 Å². The van der Waals surface area contributed by atoms with Crippen LogP contribution >= 0.6 is 0 Å². The highest BCUT2D eigenvalue weighted by molar-refractivity contribution is 5.90. The Morgan fingerprint density at radius 3 is 1.38 bits per heavy atom. The number of aromatic nitrogens is 8. The summed E-state index contributed by atoms with van der Waals surface area (Å²) in [5.74, 6) is -0.282. The smallest absolute Gasteiger partial charge is 0.220 e. The molecule has 0 fully saturated rings. The number of aromatic amines is 4. The second-order valence-corrected chi connectivity index (χ2v) is 16.1. The summed E-state index contributed by atoms with van der Waals surface area (Å²) in [5.41, 5.74) is 9.20. The maximum atomic E-state index is 11.9. The maximum Gasteiger partial charge on any atom is 0.220 e. The van der Waals surface area contributed by atoms with Crippen LogP contribution in [0.3, 0.4) is 0 Å². The normalized spacial score (nSPS) is 14.1. The molecule has 0 bridgehead atoms. The number of carbonyl (C=O) groups excluding carboxylic acids is 4. The summed E-state index contributed by atoms with van der Waals surface area (Å²) in [5, 5.41) is 41.2. The number of amides is 3. The van der Waals surface area contributed by atoms with Gasteiger partial charge in [0.2, 0.25) is 17.7 Å². The zero-order chi connectivity index (χ0) is 53.0. The summed E-state index contributed by atoms with van der Waals surface area (Å²) < 4.78 is 20.0. The Hall–Kier alpha value is -5.77. The molecule has 7 atom stereocenters. The first-order chi connectivity index (χ1) is 34.1. The standard InChI is InChI=1S/C13H23N3O4.2C12H20N4O2.C9H17N3O3/c1-4-5-11(17)16-10(6-9-7-14-8-15-9)12(18)13(19-2)20-3;2*1-3-4-12(18)16-10(11(17)7-13-2)5-9-6-14-8-15-9;1-14-9(15-2)8(13)7(10)3-6-4-11-5-12-6/h7-8,10,12-13,18H,4-6H2,1-3H3,(H,14,15)(H,16,17);6,8,10,13H,3-5,7H2,1-2H3,(H,14,15)(H,16,18);6-8,10-11,17H,3-5H2,1-2H3,(H,14,15)(H,16,18);4-5,7-9,13H,3,10H2,1-2H3,(H,11,12)/p+1. The number of aliphatic hydroxyl groups excluding tert-OH is 3. The molecule has 4 rings (SSSR count). The number of hydrogen-bond donors (Lipinski definition) is 13. The molecule has 0 aliphatic rings. The summed E-state index contributed by atoms with van der Waals surface area (Å²) in [4.78, 5) is 77.0. The Morgan fingerprint density at radius 1 is 0.620 bits per heavy atom. The van der Waals surface area contributed by atoms with Crippen molar-refractivity contribution in [2.24, 2.45) is 5.73 Å². The molecule has 0 radical (unpaired) electrons. The minimum Gasteiger partial charge on any atom is -0.386 e. The quantitative estimate of drug-likeness (QED) is 0.0196. The van der Waals surface area contributed by atoms with Crippen molar-refractivity contribution < 1.29 is 58.4 Å². The first-order valence-electron chi connectivity index (χ1n) is 23.5.